The molecule has 0 bridgehead atoms. The summed E-state index contributed by atoms with van der Waals surface area (Å²) in [4.78, 5) is 20.5. The number of carbonyl (C=O) groups excluding carboxylic acids is 1. The summed E-state index contributed by atoms with van der Waals surface area (Å²) in [7, 11) is 0. The van der Waals surface area contributed by atoms with Gasteiger partial charge < -0.3 is 9.42 Å². The van der Waals surface area contributed by atoms with E-state index in [9.17, 15) is 4.79 Å². The highest BCUT2D eigenvalue weighted by Crippen LogP contribution is 2.38. The van der Waals surface area contributed by atoms with E-state index >= 15 is 0 Å². The molecular weight excluding hydrogens is 310 g/mol. The summed E-state index contributed by atoms with van der Waals surface area (Å²) in [5, 5.41) is 4.05. The maximum absolute atomic E-state index is 12.9. The summed E-state index contributed by atoms with van der Waals surface area (Å²) in [6, 6.07) is 8.31. The van der Waals surface area contributed by atoms with Gasteiger partial charge in [0.2, 0.25) is 11.8 Å². The molecule has 0 unspecified atom stereocenters. The van der Waals surface area contributed by atoms with Crippen LogP contribution in [-0.4, -0.2) is 39.3 Å². The molecule has 1 saturated heterocycles. The van der Waals surface area contributed by atoms with Crippen LogP contribution in [0.15, 0.2) is 33.7 Å². The van der Waals surface area contributed by atoms with Gasteiger partial charge in [-0.3, -0.25) is 4.79 Å². The molecule has 120 valence electrons. The zero-order chi connectivity index (χ0) is 15.8. The molecule has 5 nitrogen and oxygen atoms in total. The first-order valence-electron chi connectivity index (χ1n) is 8.04. The van der Waals surface area contributed by atoms with Crippen molar-refractivity contribution in [2.24, 2.45) is 0 Å². The van der Waals surface area contributed by atoms with Gasteiger partial charge in [0.1, 0.15) is 0 Å². The maximum atomic E-state index is 12.9. The van der Waals surface area contributed by atoms with Crippen LogP contribution >= 0.6 is 11.8 Å². The standard InChI is InChI=1S/C17H19N3O2S/c1-11-18-16(19-22-11)13-6-4-8-20(10-13)17(21)15-9-12-5-2-3-7-14(12)23-15/h2-3,5,7,13,15H,4,6,8-10H2,1H3/t13-,15+/m1/s1. The molecule has 1 fully saturated rings. The van der Waals surface area contributed by atoms with Crippen LogP contribution in [0, 0.1) is 6.92 Å². The Morgan fingerprint density at radius 2 is 2.26 bits per heavy atom. The third-order valence-corrected chi connectivity index (χ3v) is 5.87. The number of aryl methyl sites for hydroxylation is 1. The van der Waals surface area contributed by atoms with Crippen LogP contribution in [0.3, 0.4) is 0 Å². The van der Waals surface area contributed by atoms with Crippen molar-refractivity contribution >= 4 is 17.7 Å². The zero-order valence-electron chi connectivity index (χ0n) is 13.1. The number of carbonyl (C=O) groups is 1. The van der Waals surface area contributed by atoms with Crippen LogP contribution in [0.4, 0.5) is 0 Å². The van der Waals surface area contributed by atoms with E-state index in [1.807, 2.05) is 17.0 Å². The average molecular weight is 329 g/mol. The Balaban J connectivity index is 1.45. The second-order valence-electron chi connectivity index (χ2n) is 6.21. The molecule has 1 aromatic heterocycles. The highest BCUT2D eigenvalue weighted by atomic mass is 32.2. The lowest BCUT2D eigenvalue weighted by molar-refractivity contribution is -0.131. The molecule has 0 radical (unpaired) electrons. The van der Waals surface area contributed by atoms with Crippen LogP contribution in [-0.2, 0) is 11.2 Å². The number of thioether (sulfide) groups is 1. The fraction of sp³-hybridized carbons (Fsp3) is 0.471. The second kappa shape index (κ2) is 6.00. The van der Waals surface area contributed by atoms with Gasteiger partial charge in [0.15, 0.2) is 5.82 Å². The van der Waals surface area contributed by atoms with E-state index < -0.39 is 0 Å². The van der Waals surface area contributed by atoms with E-state index in [2.05, 4.69) is 22.3 Å². The van der Waals surface area contributed by atoms with Gasteiger partial charge in [-0.05, 0) is 30.9 Å². The minimum absolute atomic E-state index is 0.0122. The highest BCUT2D eigenvalue weighted by Gasteiger charge is 2.34. The van der Waals surface area contributed by atoms with Gasteiger partial charge >= 0.3 is 0 Å². The van der Waals surface area contributed by atoms with Crippen LogP contribution in [0.5, 0.6) is 0 Å². The van der Waals surface area contributed by atoms with E-state index in [0.29, 0.717) is 12.4 Å². The third kappa shape index (κ3) is 2.87. The molecule has 23 heavy (non-hydrogen) atoms. The Kier molecular flexibility index (Phi) is 3.85. The maximum Gasteiger partial charge on any atom is 0.236 e. The van der Waals surface area contributed by atoms with Crippen LogP contribution in [0.1, 0.15) is 36.0 Å². The molecule has 4 rings (SSSR count). The molecule has 0 spiro atoms. The Morgan fingerprint density at radius 1 is 1.39 bits per heavy atom. The Hall–Kier alpha value is -1.82. The number of hydrogen-bond donors (Lipinski definition) is 0. The van der Waals surface area contributed by atoms with Gasteiger partial charge in [-0.2, -0.15) is 4.98 Å². The van der Waals surface area contributed by atoms with E-state index in [1.165, 1.54) is 10.5 Å². The van der Waals surface area contributed by atoms with Gasteiger partial charge in [-0.1, -0.05) is 23.4 Å². The highest BCUT2D eigenvalue weighted by molar-refractivity contribution is 8.01. The van der Waals surface area contributed by atoms with Crippen LogP contribution in [0.2, 0.25) is 0 Å². The lowest BCUT2D eigenvalue weighted by Crippen LogP contribution is -2.43. The molecule has 2 aliphatic heterocycles. The van der Waals surface area contributed by atoms with Gasteiger partial charge in [0, 0.05) is 30.8 Å². The van der Waals surface area contributed by atoms with E-state index in [4.69, 9.17) is 4.52 Å². The monoisotopic (exact) mass is 329 g/mol. The first kappa shape index (κ1) is 14.8. The molecule has 0 N–H and O–H groups in total. The number of rotatable bonds is 2. The van der Waals surface area contributed by atoms with Crippen LogP contribution < -0.4 is 0 Å². The number of nitrogens with zero attached hydrogens (tertiary/aromatic N) is 3. The number of benzene rings is 1. The van der Waals surface area contributed by atoms with E-state index in [1.54, 1.807) is 18.7 Å². The summed E-state index contributed by atoms with van der Waals surface area (Å²) in [5.41, 5.74) is 1.29. The predicted octanol–water partition coefficient (Wildman–Crippen LogP) is 2.80. The van der Waals surface area contributed by atoms with Crippen molar-refractivity contribution in [3.05, 3.63) is 41.5 Å². The summed E-state index contributed by atoms with van der Waals surface area (Å²) in [5.74, 6) is 1.77. The fourth-order valence-corrected chi connectivity index (χ4v) is 4.67. The van der Waals surface area contributed by atoms with Gasteiger partial charge in [0.05, 0.1) is 5.25 Å². The van der Waals surface area contributed by atoms with Crippen molar-refractivity contribution in [3.63, 3.8) is 0 Å². The smallest absolute Gasteiger partial charge is 0.236 e. The lowest BCUT2D eigenvalue weighted by atomic mass is 9.97. The minimum atomic E-state index is 0.0122. The molecule has 3 heterocycles. The summed E-state index contributed by atoms with van der Waals surface area (Å²) in [6.07, 6.45) is 2.84. The molecule has 1 aromatic carbocycles. The van der Waals surface area contributed by atoms with Crippen molar-refractivity contribution in [2.75, 3.05) is 13.1 Å². The van der Waals surface area contributed by atoms with E-state index in [-0.39, 0.29) is 17.1 Å². The van der Waals surface area contributed by atoms with Crippen molar-refractivity contribution in [2.45, 2.75) is 42.2 Å². The van der Waals surface area contributed by atoms with E-state index in [0.717, 1.165) is 31.6 Å². The Morgan fingerprint density at radius 3 is 3.04 bits per heavy atom. The molecule has 2 atom stereocenters. The predicted molar refractivity (Wildman–Crippen MR) is 87.4 cm³/mol. The molecule has 6 heteroatoms. The quantitative estimate of drug-likeness (QED) is 0.848. The van der Waals surface area contributed by atoms with Gasteiger partial charge in [-0.25, -0.2) is 0 Å². The lowest BCUT2D eigenvalue weighted by Gasteiger charge is -2.32. The third-order valence-electron chi connectivity index (χ3n) is 4.56. The number of piperidine rings is 1. The average Bonchev–Trinajstić information content (AvgIpc) is 3.20. The van der Waals surface area contributed by atoms with Crippen LogP contribution in [0.25, 0.3) is 0 Å². The molecular formula is C17H19N3O2S. The second-order valence-corrected chi connectivity index (χ2v) is 7.46. The summed E-state index contributed by atoms with van der Waals surface area (Å²) < 4.78 is 5.09. The number of amides is 1. The number of aromatic nitrogens is 2. The fourth-order valence-electron chi connectivity index (χ4n) is 3.39. The molecule has 0 saturated carbocycles. The first-order valence-corrected chi connectivity index (χ1v) is 8.92. The number of likely N-dealkylation sites (tertiary alicyclic amines) is 1. The molecule has 0 aliphatic carbocycles. The van der Waals surface area contributed by atoms with Crippen molar-refractivity contribution < 1.29 is 9.32 Å². The Bertz CT molecular complexity index is 705. The zero-order valence-corrected chi connectivity index (χ0v) is 13.9. The SMILES string of the molecule is Cc1nc([C@@H]2CCCN(C(=O)[C@@H]3Cc4ccccc4S3)C2)no1. The number of hydrogen-bond acceptors (Lipinski definition) is 5. The summed E-state index contributed by atoms with van der Waals surface area (Å²) in [6.45, 7) is 3.33. The molecule has 1 amide bonds. The first-order chi connectivity index (χ1) is 11.2. The van der Waals surface area contributed by atoms with Gasteiger partial charge in [-0.15, -0.1) is 11.8 Å². The normalized spacial score (nSPS) is 23.8. The summed E-state index contributed by atoms with van der Waals surface area (Å²) >= 11 is 1.70. The minimum Gasteiger partial charge on any atom is -0.341 e. The number of fused-ring (bicyclic) bond motifs is 1. The van der Waals surface area contributed by atoms with Crippen molar-refractivity contribution in [1.82, 2.24) is 15.0 Å². The largest absolute Gasteiger partial charge is 0.341 e. The molecule has 2 aromatic rings. The topological polar surface area (TPSA) is 59.2 Å². The van der Waals surface area contributed by atoms with Crippen molar-refractivity contribution in [1.29, 1.82) is 0 Å². The Labute approximate surface area is 139 Å². The molecule has 2 aliphatic rings. The van der Waals surface area contributed by atoms with Gasteiger partial charge in [0.25, 0.3) is 0 Å². The van der Waals surface area contributed by atoms with Crippen molar-refractivity contribution in [3.8, 4) is 0 Å².